The monoisotopic (exact) mass is 255 g/mol. The molecule has 2 rings (SSSR count). The highest BCUT2D eigenvalue weighted by molar-refractivity contribution is 7.18. The summed E-state index contributed by atoms with van der Waals surface area (Å²) in [6, 6.07) is 5.33. The van der Waals surface area contributed by atoms with E-state index >= 15 is 0 Å². The van der Waals surface area contributed by atoms with Crippen LogP contribution in [-0.4, -0.2) is 17.6 Å². The lowest BCUT2D eigenvalue weighted by molar-refractivity contribution is 0.0526. The van der Waals surface area contributed by atoms with Crippen LogP contribution in [0.4, 0.5) is 0 Å². The molecule has 84 valence electrons. The van der Waals surface area contributed by atoms with E-state index in [4.69, 9.17) is 16.3 Å². The van der Waals surface area contributed by atoms with Crippen LogP contribution in [-0.2, 0) is 10.6 Å². The first-order valence-electron chi connectivity index (χ1n) is 4.87. The molecule has 1 aromatic heterocycles. The average molecular weight is 256 g/mol. The van der Waals surface area contributed by atoms with Gasteiger partial charge in [-0.1, -0.05) is 0 Å². The average Bonchev–Trinajstić information content (AvgIpc) is 2.70. The molecule has 16 heavy (non-hydrogen) atoms. The minimum absolute atomic E-state index is 0.301. The predicted molar refractivity (Wildman–Crippen MR) is 65.1 cm³/mol. The van der Waals surface area contributed by atoms with Gasteiger partial charge in [-0.05, 0) is 25.1 Å². The van der Waals surface area contributed by atoms with Crippen LogP contribution >= 0.6 is 22.9 Å². The van der Waals surface area contributed by atoms with Crippen LogP contribution in [0.15, 0.2) is 18.2 Å². The van der Waals surface area contributed by atoms with Crippen LogP contribution in [0.3, 0.4) is 0 Å². The van der Waals surface area contributed by atoms with Gasteiger partial charge in [0.25, 0.3) is 0 Å². The Hall–Kier alpha value is -1.13. The van der Waals surface area contributed by atoms with Crippen molar-refractivity contribution in [1.29, 1.82) is 0 Å². The Bertz CT molecular complexity index is 524. The minimum Gasteiger partial charge on any atom is -0.462 e. The zero-order valence-electron chi connectivity index (χ0n) is 8.70. The topological polar surface area (TPSA) is 39.2 Å². The molecule has 0 aliphatic rings. The molecule has 0 saturated carbocycles. The number of thiazole rings is 1. The lowest BCUT2D eigenvalue weighted by Gasteiger charge is -2.00. The summed E-state index contributed by atoms with van der Waals surface area (Å²) in [5.74, 6) is 0.0962. The smallest absolute Gasteiger partial charge is 0.338 e. The lowest BCUT2D eigenvalue weighted by atomic mass is 10.2. The fraction of sp³-hybridized carbons (Fsp3) is 0.273. The third-order valence-electron chi connectivity index (χ3n) is 2.06. The number of ether oxygens (including phenoxy) is 1. The van der Waals surface area contributed by atoms with Gasteiger partial charge in [-0.2, -0.15) is 0 Å². The van der Waals surface area contributed by atoms with Crippen LogP contribution in [0.5, 0.6) is 0 Å². The molecule has 0 radical (unpaired) electrons. The Labute approximate surface area is 102 Å². The molecule has 0 saturated heterocycles. The molecule has 0 spiro atoms. The summed E-state index contributed by atoms with van der Waals surface area (Å²) >= 11 is 7.20. The molecular weight excluding hydrogens is 246 g/mol. The predicted octanol–water partition coefficient (Wildman–Crippen LogP) is 3.21. The van der Waals surface area contributed by atoms with Gasteiger partial charge in [0.05, 0.1) is 28.3 Å². The molecule has 1 heterocycles. The summed E-state index contributed by atoms with van der Waals surface area (Å²) in [6.07, 6.45) is 0. The Morgan fingerprint density at radius 2 is 2.38 bits per heavy atom. The van der Waals surface area contributed by atoms with Crippen molar-refractivity contribution in [2.45, 2.75) is 12.8 Å². The van der Waals surface area contributed by atoms with Crippen LogP contribution < -0.4 is 0 Å². The Balaban J connectivity index is 2.39. The molecule has 0 N–H and O–H groups in total. The summed E-state index contributed by atoms with van der Waals surface area (Å²) in [6.45, 7) is 2.17. The van der Waals surface area contributed by atoms with E-state index in [9.17, 15) is 4.79 Å². The number of benzene rings is 1. The van der Waals surface area contributed by atoms with Crippen molar-refractivity contribution in [2.75, 3.05) is 6.61 Å². The van der Waals surface area contributed by atoms with Crippen molar-refractivity contribution in [2.24, 2.45) is 0 Å². The zero-order valence-corrected chi connectivity index (χ0v) is 10.3. The number of hydrogen-bond acceptors (Lipinski definition) is 4. The summed E-state index contributed by atoms with van der Waals surface area (Å²) in [5.41, 5.74) is 1.42. The van der Waals surface area contributed by atoms with Crippen LogP contribution in [0.2, 0.25) is 0 Å². The number of esters is 1. The first kappa shape index (κ1) is 11.4. The third kappa shape index (κ3) is 2.18. The van der Waals surface area contributed by atoms with Crippen molar-refractivity contribution < 1.29 is 9.53 Å². The van der Waals surface area contributed by atoms with Gasteiger partial charge >= 0.3 is 5.97 Å². The van der Waals surface area contributed by atoms with Gasteiger partial charge in [0, 0.05) is 0 Å². The zero-order chi connectivity index (χ0) is 11.5. The number of carbonyl (C=O) groups is 1. The minimum atomic E-state index is -0.301. The van der Waals surface area contributed by atoms with Gasteiger partial charge in [0.2, 0.25) is 0 Å². The maximum Gasteiger partial charge on any atom is 0.338 e. The van der Waals surface area contributed by atoms with E-state index in [1.54, 1.807) is 19.1 Å². The van der Waals surface area contributed by atoms with Crippen molar-refractivity contribution >= 4 is 39.1 Å². The van der Waals surface area contributed by atoms with Crippen molar-refractivity contribution in [3.8, 4) is 0 Å². The number of halogens is 1. The number of alkyl halides is 1. The highest BCUT2D eigenvalue weighted by Crippen LogP contribution is 2.24. The van der Waals surface area contributed by atoms with Crippen LogP contribution in [0.25, 0.3) is 10.2 Å². The molecule has 0 aliphatic heterocycles. The Kier molecular flexibility index (Phi) is 3.41. The van der Waals surface area contributed by atoms with E-state index < -0.39 is 0 Å². The normalized spacial score (nSPS) is 10.6. The maximum absolute atomic E-state index is 11.5. The van der Waals surface area contributed by atoms with Crippen molar-refractivity contribution in [1.82, 2.24) is 4.98 Å². The molecule has 0 atom stereocenters. The van der Waals surface area contributed by atoms with Crippen molar-refractivity contribution in [3.63, 3.8) is 0 Å². The number of hydrogen-bond donors (Lipinski definition) is 0. The highest BCUT2D eigenvalue weighted by Gasteiger charge is 2.09. The number of carbonyl (C=O) groups excluding carboxylic acids is 1. The molecule has 3 nitrogen and oxygen atoms in total. The van der Waals surface area contributed by atoms with E-state index in [0.717, 1.165) is 15.2 Å². The van der Waals surface area contributed by atoms with E-state index in [-0.39, 0.29) is 5.97 Å². The molecule has 0 fully saturated rings. The SMILES string of the molecule is CCOC(=O)c1ccc2nc(CCl)sc2c1. The molecule has 2 aromatic rings. The first-order valence-corrected chi connectivity index (χ1v) is 6.22. The Morgan fingerprint density at radius 3 is 3.06 bits per heavy atom. The maximum atomic E-state index is 11.5. The summed E-state index contributed by atoms with van der Waals surface area (Å²) < 4.78 is 5.89. The number of aromatic nitrogens is 1. The largest absolute Gasteiger partial charge is 0.462 e. The summed E-state index contributed by atoms with van der Waals surface area (Å²) in [4.78, 5) is 15.8. The van der Waals surface area contributed by atoms with Crippen LogP contribution in [0, 0.1) is 0 Å². The molecule has 0 bridgehead atoms. The lowest BCUT2D eigenvalue weighted by Crippen LogP contribution is -2.03. The second-order valence-corrected chi connectivity index (χ2v) is 4.53. The molecular formula is C11H10ClNO2S. The molecule has 5 heteroatoms. The molecule has 1 aromatic carbocycles. The fourth-order valence-electron chi connectivity index (χ4n) is 1.37. The van der Waals surface area contributed by atoms with Gasteiger partial charge < -0.3 is 4.74 Å². The Morgan fingerprint density at radius 1 is 1.56 bits per heavy atom. The van der Waals surface area contributed by atoms with Gasteiger partial charge in [0.15, 0.2) is 0 Å². The second-order valence-electron chi connectivity index (χ2n) is 3.14. The fourth-order valence-corrected chi connectivity index (χ4v) is 2.45. The molecule has 0 unspecified atom stereocenters. The van der Waals surface area contributed by atoms with Gasteiger partial charge in [0.1, 0.15) is 5.01 Å². The molecule has 0 amide bonds. The standard InChI is InChI=1S/C11H10ClNO2S/c1-2-15-11(14)7-3-4-8-9(5-7)16-10(6-12)13-8/h3-5H,2,6H2,1H3. The van der Waals surface area contributed by atoms with Gasteiger partial charge in [-0.3, -0.25) is 0 Å². The van der Waals surface area contributed by atoms with E-state index in [1.807, 2.05) is 6.07 Å². The first-order chi connectivity index (χ1) is 7.74. The van der Waals surface area contributed by atoms with Crippen LogP contribution in [0.1, 0.15) is 22.3 Å². The van der Waals surface area contributed by atoms with Crippen molar-refractivity contribution in [3.05, 3.63) is 28.8 Å². The van der Waals surface area contributed by atoms with E-state index in [0.29, 0.717) is 18.1 Å². The summed E-state index contributed by atoms with van der Waals surface area (Å²) in [5, 5.41) is 0.859. The van der Waals surface area contributed by atoms with E-state index in [2.05, 4.69) is 4.98 Å². The van der Waals surface area contributed by atoms with Gasteiger partial charge in [-0.25, -0.2) is 9.78 Å². The number of fused-ring (bicyclic) bond motifs is 1. The van der Waals surface area contributed by atoms with E-state index in [1.165, 1.54) is 11.3 Å². The number of rotatable bonds is 3. The quantitative estimate of drug-likeness (QED) is 0.625. The second kappa shape index (κ2) is 4.80. The number of nitrogens with zero attached hydrogens (tertiary/aromatic N) is 1. The molecule has 0 aliphatic carbocycles. The summed E-state index contributed by atoms with van der Waals surface area (Å²) in [7, 11) is 0. The third-order valence-corrected chi connectivity index (χ3v) is 3.49. The highest BCUT2D eigenvalue weighted by atomic mass is 35.5. The van der Waals surface area contributed by atoms with Gasteiger partial charge in [-0.15, -0.1) is 22.9 Å².